The van der Waals surface area contributed by atoms with Crippen LogP contribution in [-0.2, 0) is 16.8 Å². The third-order valence-corrected chi connectivity index (χ3v) is 5.76. The lowest BCUT2D eigenvalue weighted by Crippen LogP contribution is -2.46. The van der Waals surface area contributed by atoms with Gasteiger partial charge in [0, 0.05) is 50.2 Å². The van der Waals surface area contributed by atoms with Gasteiger partial charge >= 0.3 is 6.09 Å². The molecule has 7 nitrogen and oxygen atoms in total. The van der Waals surface area contributed by atoms with Crippen molar-refractivity contribution in [3.05, 3.63) is 81.5 Å². The van der Waals surface area contributed by atoms with Crippen LogP contribution in [0.5, 0.6) is 11.5 Å². The molecule has 1 aliphatic rings. The smallest absolute Gasteiger partial charge is 0.410 e. The first-order valence-corrected chi connectivity index (χ1v) is 11.6. The summed E-state index contributed by atoms with van der Waals surface area (Å²) in [5.74, 6) is -2.92. The normalized spacial score (nSPS) is 14.3. The van der Waals surface area contributed by atoms with Gasteiger partial charge in [-0.2, -0.15) is 0 Å². The molecule has 1 saturated heterocycles. The van der Waals surface area contributed by atoms with Crippen molar-refractivity contribution < 1.29 is 36.6 Å². The van der Waals surface area contributed by atoms with E-state index in [0.717, 1.165) is 24.3 Å². The van der Waals surface area contributed by atoms with Crippen LogP contribution in [-0.4, -0.2) is 43.9 Å². The topological polar surface area (TPSA) is 56.7 Å². The zero-order chi connectivity index (χ0) is 28.7. The van der Waals surface area contributed by atoms with Crippen LogP contribution in [0.25, 0.3) is 9.69 Å². The Balaban J connectivity index is 0.000000328. The molecule has 1 heterocycles. The summed E-state index contributed by atoms with van der Waals surface area (Å²) in [7, 11) is 2.64. The maximum atomic E-state index is 14.4. The second-order valence-corrected chi connectivity index (χ2v) is 9.46. The van der Waals surface area contributed by atoms with Gasteiger partial charge in [-0.1, -0.05) is 0 Å². The average Bonchev–Trinajstić information content (AvgIpc) is 2.85. The Hall–Kier alpha value is -3.99. The molecule has 1 aliphatic heterocycles. The van der Waals surface area contributed by atoms with Gasteiger partial charge in [0.05, 0.1) is 14.2 Å². The van der Waals surface area contributed by atoms with Crippen LogP contribution < -0.4 is 9.47 Å². The van der Waals surface area contributed by atoms with Gasteiger partial charge < -0.3 is 28.8 Å². The van der Waals surface area contributed by atoms with Crippen LogP contribution in [0.15, 0.2) is 24.3 Å². The van der Waals surface area contributed by atoms with E-state index in [2.05, 4.69) is 14.4 Å². The maximum absolute atomic E-state index is 14.4. The number of hydrogen-bond acceptors (Lipinski definition) is 4. The molecule has 0 unspecified atom stereocenters. The van der Waals surface area contributed by atoms with Crippen molar-refractivity contribution in [3.8, 4) is 11.5 Å². The lowest BCUT2D eigenvalue weighted by Gasteiger charge is -2.35. The lowest BCUT2D eigenvalue weighted by atomic mass is 9.81. The summed E-state index contributed by atoms with van der Waals surface area (Å²) in [6.45, 7) is 19.4. The summed E-state index contributed by atoms with van der Waals surface area (Å²) in [6.07, 6.45) is -0.215. The Labute approximate surface area is 219 Å². The van der Waals surface area contributed by atoms with Crippen molar-refractivity contribution in [3.63, 3.8) is 0 Å². The number of methoxy groups -OCH3 is 2. The van der Waals surface area contributed by atoms with Gasteiger partial charge in [-0.3, -0.25) is 0 Å². The third kappa shape index (κ3) is 7.28. The quantitative estimate of drug-likeness (QED) is 0.331. The molecule has 0 saturated carbocycles. The van der Waals surface area contributed by atoms with Gasteiger partial charge in [0.1, 0.15) is 51.5 Å². The number of carbonyl (C=O) groups is 1. The highest BCUT2D eigenvalue weighted by Gasteiger charge is 2.48. The Kier molecular flexibility index (Phi) is 9.95. The van der Waals surface area contributed by atoms with E-state index in [-0.39, 0.29) is 55.1 Å². The summed E-state index contributed by atoms with van der Waals surface area (Å²) in [6, 6.07) is 4.27. The minimum atomic E-state index is -1.33. The number of hydrogen-bond donors (Lipinski definition) is 0. The van der Waals surface area contributed by atoms with Crippen molar-refractivity contribution >= 4 is 6.09 Å². The van der Waals surface area contributed by atoms with Gasteiger partial charge in [0.2, 0.25) is 6.54 Å². The van der Waals surface area contributed by atoms with Crippen LogP contribution in [0.3, 0.4) is 0 Å². The highest BCUT2D eigenvalue weighted by Crippen LogP contribution is 2.41. The van der Waals surface area contributed by atoms with Crippen molar-refractivity contribution in [2.24, 2.45) is 0 Å². The molecule has 2 aromatic carbocycles. The molecule has 0 aromatic heterocycles. The maximum Gasteiger partial charge on any atom is 0.410 e. The van der Waals surface area contributed by atoms with Gasteiger partial charge in [0.15, 0.2) is 0 Å². The molecule has 11 heteroatoms. The highest BCUT2D eigenvalue weighted by atomic mass is 19.1. The molecule has 0 atom stereocenters. The van der Waals surface area contributed by atoms with Crippen LogP contribution >= 0.6 is 0 Å². The van der Waals surface area contributed by atoms with E-state index < -0.39 is 40.5 Å². The Morgan fingerprint density at radius 1 is 0.921 bits per heavy atom. The van der Waals surface area contributed by atoms with Gasteiger partial charge in [-0.15, -0.1) is 0 Å². The summed E-state index contributed by atoms with van der Waals surface area (Å²) < 4.78 is 69.7. The van der Waals surface area contributed by atoms with Crippen molar-refractivity contribution in [2.45, 2.75) is 51.3 Å². The van der Waals surface area contributed by atoms with E-state index >= 15 is 0 Å². The molecule has 1 amide bonds. The molecule has 38 heavy (non-hydrogen) atoms. The van der Waals surface area contributed by atoms with E-state index in [1.54, 1.807) is 20.8 Å². The zero-order valence-electron chi connectivity index (χ0n) is 21.8. The molecule has 2 aromatic rings. The van der Waals surface area contributed by atoms with Crippen LogP contribution in [0.2, 0.25) is 0 Å². The van der Waals surface area contributed by atoms with E-state index in [0.29, 0.717) is 0 Å². The van der Waals surface area contributed by atoms with Gasteiger partial charge in [0.25, 0.3) is 5.54 Å². The predicted molar refractivity (Wildman–Crippen MR) is 131 cm³/mol. The number of nitrogens with zero attached hydrogens (tertiary/aromatic N) is 3. The predicted octanol–water partition coefficient (Wildman–Crippen LogP) is 6.51. The SMILES string of the molecule is [C-]#[N+]C1(c2c(F)cc(OC)cc2F)CCN(C(=O)OC(C)(C)C)CC1.[C-]#[N+]Cc1c(F)cc(OC)cc1F. The number of benzene rings is 2. The molecule has 0 aliphatic carbocycles. The molecule has 0 bridgehead atoms. The number of ether oxygens (including phenoxy) is 3. The van der Waals surface area contributed by atoms with Gasteiger partial charge in [-0.25, -0.2) is 35.5 Å². The Morgan fingerprint density at radius 2 is 1.37 bits per heavy atom. The molecular weight excluding hydrogens is 506 g/mol. The first-order chi connectivity index (χ1) is 17.8. The lowest BCUT2D eigenvalue weighted by molar-refractivity contribution is 0.0180. The van der Waals surface area contributed by atoms with E-state index in [4.69, 9.17) is 22.6 Å². The number of likely N-dealkylation sites (tertiary alicyclic amines) is 1. The molecule has 3 rings (SSSR count). The Morgan fingerprint density at radius 3 is 1.74 bits per heavy atom. The second kappa shape index (κ2) is 12.5. The molecular formula is C27H29F4N3O4. The first kappa shape index (κ1) is 30.2. The summed E-state index contributed by atoms with van der Waals surface area (Å²) in [5.41, 5.74) is -2.43. The molecule has 1 fully saturated rings. The van der Waals surface area contributed by atoms with E-state index in [1.165, 1.54) is 19.1 Å². The van der Waals surface area contributed by atoms with Crippen molar-refractivity contribution in [2.75, 3.05) is 27.3 Å². The number of halogens is 4. The summed E-state index contributed by atoms with van der Waals surface area (Å²) >= 11 is 0. The zero-order valence-corrected chi connectivity index (χ0v) is 21.8. The average molecular weight is 536 g/mol. The van der Waals surface area contributed by atoms with Crippen molar-refractivity contribution in [1.29, 1.82) is 0 Å². The molecule has 204 valence electrons. The fourth-order valence-electron chi connectivity index (χ4n) is 3.84. The van der Waals surface area contributed by atoms with E-state index in [1.807, 2.05) is 0 Å². The number of piperidine rings is 1. The standard InChI is InChI=1S/C18H22F2N2O3.C9H7F2NO/c1-17(2,3)25-16(23)22-8-6-18(21-4,7-9-22)15-13(19)10-12(24-5)11-14(15)20;1-12-5-7-8(10)3-6(13-2)4-9(7)11/h10-11H,6-9H2,1-3,5H3;3-4H,5H2,2H3. The number of amides is 1. The summed E-state index contributed by atoms with van der Waals surface area (Å²) in [5, 5.41) is 0. The summed E-state index contributed by atoms with van der Waals surface area (Å²) in [4.78, 5) is 20.1. The van der Waals surface area contributed by atoms with Gasteiger partial charge in [-0.05, 0) is 20.8 Å². The molecule has 0 spiro atoms. The van der Waals surface area contributed by atoms with Crippen LogP contribution in [0, 0.1) is 36.4 Å². The van der Waals surface area contributed by atoms with Crippen LogP contribution in [0.4, 0.5) is 22.4 Å². The fourth-order valence-corrected chi connectivity index (χ4v) is 3.84. The van der Waals surface area contributed by atoms with Crippen LogP contribution in [0.1, 0.15) is 44.7 Å². The molecule has 0 radical (unpaired) electrons. The largest absolute Gasteiger partial charge is 0.497 e. The minimum absolute atomic E-state index is 0.0603. The second-order valence-electron chi connectivity index (χ2n) is 9.46. The Bertz CT molecular complexity index is 1190. The molecule has 0 N–H and O–H groups in total. The third-order valence-electron chi connectivity index (χ3n) is 5.76. The monoisotopic (exact) mass is 535 g/mol. The van der Waals surface area contributed by atoms with Crippen molar-refractivity contribution in [1.82, 2.24) is 4.90 Å². The number of carbonyl (C=O) groups excluding carboxylic acids is 1. The van der Waals surface area contributed by atoms with E-state index in [9.17, 15) is 22.4 Å². The number of rotatable bonds is 4. The minimum Gasteiger partial charge on any atom is -0.497 e. The highest BCUT2D eigenvalue weighted by molar-refractivity contribution is 5.68. The first-order valence-electron chi connectivity index (χ1n) is 11.6. The fraction of sp³-hybridized carbons (Fsp3) is 0.444.